The van der Waals surface area contributed by atoms with Crippen LogP contribution < -0.4 is 10.6 Å². The molecule has 4 heteroatoms. The van der Waals surface area contributed by atoms with Crippen molar-refractivity contribution in [3.05, 3.63) is 113 Å². The highest BCUT2D eigenvalue weighted by Gasteiger charge is 2.52. The van der Waals surface area contributed by atoms with Crippen LogP contribution in [-0.2, 0) is 24.1 Å². The highest BCUT2D eigenvalue weighted by Crippen LogP contribution is 2.52. The van der Waals surface area contributed by atoms with Crippen molar-refractivity contribution >= 4 is 28.2 Å². The van der Waals surface area contributed by atoms with Crippen LogP contribution in [0.1, 0.15) is 54.5 Å². The largest absolute Gasteiger partial charge is 0.358 e. The molecular formula is C33H35N3O. The molecule has 3 aromatic carbocycles. The van der Waals surface area contributed by atoms with E-state index < -0.39 is 5.41 Å². The van der Waals surface area contributed by atoms with Crippen molar-refractivity contribution in [1.82, 2.24) is 4.98 Å². The molecule has 0 aliphatic heterocycles. The standard InChI is InChI=1S/C33H35N3O/c1-5-25-20-30-27(15-18-34-31(30)21-26(25)6-2)19-24-9-13-29(14-10-24)36-32(37)33(16-17-33)23(4)35-28-11-7-22(3)8-12-28/h7-15,18,20-21,35H,4-6,16-17,19H2,1-3H3,(H,36,37). The van der Waals surface area contributed by atoms with Gasteiger partial charge in [-0.05, 0) is 104 Å². The summed E-state index contributed by atoms with van der Waals surface area (Å²) >= 11 is 0. The molecule has 1 saturated carbocycles. The Bertz CT molecular complexity index is 1450. The smallest absolute Gasteiger partial charge is 0.236 e. The number of pyridine rings is 1. The molecule has 0 atom stereocenters. The van der Waals surface area contributed by atoms with Crippen LogP contribution in [0.15, 0.2) is 85.2 Å². The second kappa shape index (κ2) is 10.2. The number of fused-ring (bicyclic) bond motifs is 1. The summed E-state index contributed by atoms with van der Waals surface area (Å²) in [5.41, 5.74) is 9.49. The molecule has 0 bridgehead atoms. The van der Waals surface area contributed by atoms with Gasteiger partial charge in [-0.15, -0.1) is 0 Å². The van der Waals surface area contributed by atoms with E-state index in [0.717, 1.165) is 54.7 Å². The van der Waals surface area contributed by atoms with Crippen LogP contribution in [0.3, 0.4) is 0 Å². The van der Waals surface area contributed by atoms with E-state index >= 15 is 0 Å². The summed E-state index contributed by atoms with van der Waals surface area (Å²) in [6, 6.07) is 23.0. The molecule has 5 rings (SSSR count). The van der Waals surface area contributed by atoms with Gasteiger partial charge in [-0.1, -0.05) is 50.3 Å². The summed E-state index contributed by atoms with van der Waals surface area (Å²) in [6.07, 6.45) is 6.39. The van der Waals surface area contributed by atoms with Gasteiger partial charge in [0, 0.05) is 28.7 Å². The molecule has 1 aliphatic rings. The number of anilines is 2. The van der Waals surface area contributed by atoms with Crippen LogP contribution in [-0.4, -0.2) is 10.9 Å². The predicted molar refractivity (Wildman–Crippen MR) is 154 cm³/mol. The fraction of sp³-hybridized carbons (Fsp3) is 0.273. The highest BCUT2D eigenvalue weighted by atomic mass is 16.2. The number of aryl methyl sites for hydroxylation is 3. The van der Waals surface area contributed by atoms with Crippen LogP contribution >= 0.6 is 0 Å². The van der Waals surface area contributed by atoms with Gasteiger partial charge in [-0.25, -0.2) is 0 Å². The van der Waals surface area contributed by atoms with E-state index in [0.29, 0.717) is 0 Å². The Kier molecular flexibility index (Phi) is 6.84. The Balaban J connectivity index is 1.27. The van der Waals surface area contributed by atoms with Gasteiger partial charge in [0.1, 0.15) is 0 Å². The van der Waals surface area contributed by atoms with Gasteiger partial charge in [0.15, 0.2) is 0 Å². The molecule has 0 spiro atoms. The number of benzene rings is 3. The number of hydrogen-bond donors (Lipinski definition) is 2. The first-order chi connectivity index (χ1) is 17.9. The van der Waals surface area contributed by atoms with Crippen LogP contribution in [0.25, 0.3) is 10.9 Å². The number of amides is 1. The summed E-state index contributed by atoms with van der Waals surface area (Å²) in [6.45, 7) is 10.7. The van der Waals surface area contributed by atoms with Crippen molar-refractivity contribution in [2.45, 2.75) is 52.9 Å². The number of hydrogen-bond acceptors (Lipinski definition) is 3. The molecule has 1 fully saturated rings. The maximum absolute atomic E-state index is 13.2. The van der Waals surface area contributed by atoms with Gasteiger partial charge in [0.2, 0.25) is 5.91 Å². The van der Waals surface area contributed by atoms with Crippen molar-refractivity contribution in [2.75, 3.05) is 10.6 Å². The van der Waals surface area contributed by atoms with Crippen LogP contribution in [0.4, 0.5) is 11.4 Å². The van der Waals surface area contributed by atoms with Gasteiger partial charge >= 0.3 is 0 Å². The maximum atomic E-state index is 13.2. The average molecular weight is 490 g/mol. The summed E-state index contributed by atoms with van der Waals surface area (Å²) in [5, 5.41) is 7.69. The first-order valence-electron chi connectivity index (χ1n) is 13.2. The summed E-state index contributed by atoms with van der Waals surface area (Å²) < 4.78 is 0. The molecule has 1 aromatic heterocycles. The maximum Gasteiger partial charge on any atom is 0.236 e. The van der Waals surface area contributed by atoms with Crippen LogP contribution in [0.5, 0.6) is 0 Å². The second-order valence-electron chi connectivity index (χ2n) is 10.2. The zero-order valence-electron chi connectivity index (χ0n) is 22.0. The first kappa shape index (κ1) is 24.8. The molecule has 0 saturated heterocycles. The molecule has 1 amide bonds. The van der Waals surface area contributed by atoms with Crippen molar-refractivity contribution in [2.24, 2.45) is 5.41 Å². The quantitative estimate of drug-likeness (QED) is 0.254. The van der Waals surface area contributed by atoms with E-state index in [1.807, 2.05) is 30.5 Å². The van der Waals surface area contributed by atoms with E-state index in [4.69, 9.17) is 0 Å². The Hall–Kier alpha value is -3.92. The zero-order valence-corrected chi connectivity index (χ0v) is 22.0. The van der Waals surface area contributed by atoms with E-state index in [1.54, 1.807) is 0 Å². The zero-order chi connectivity index (χ0) is 26.0. The summed E-state index contributed by atoms with van der Waals surface area (Å²) in [7, 11) is 0. The lowest BCUT2D eigenvalue weighted by Gasteiger charge is -2.20. The van der Waals surface area contributed by atoms with Crippen LogP contribution in [0, 0.1) is 12.3 Å². The Morgan fingerprint density at radius 1 is 0.865 bits per heavy atom. The molecule has 0 unspecified atom stereocenters. The van der Waals surface area contributed by atoms with E-state index in [9.17, 15) is 4.79 Å². The molecule has 4 nitrogen and oxygen atoms in total. The number of nitrogens with one attached hydrogen (secondary N) is 2. The minimum absolute atomic E-state index is 0.00353. The third-order valence-corrected chi connectivity index (χ3v) is 7.63. The minimum Gasteiger partial charge on any atom is -0.358 e. The fourth-order valence-electron chi connectivity index (χ4n) is 5.05. The Labute approximate surface area is 219 Å². The molecule has 2 N–H and O–H groups in total. The van der Waals surface area contributed by atoms with Gasteiger partial charge in [0.05, 0.1) is 10.9 Å². The third-order valence-electron chi connectivity index (χ3n) is 7.63. The van der Waals surface area contributed by atoms with Crippen molar-refractivity contribution < 1.29 is 4.79 Å². The SMILES string of the molecule is C=C(Nc1ccc(C)cc1)C1(C(=O)Nc2ccc(Cc3ccnc4cc(CC)c(CC)cc34)cc2)CC1. The topological polar surface area (TPSA) is 54.0 Å². The van der Waals surface area contributed by atoms with Gasteiger partial charge in [-0.2, -0.15) is 0 Å². The number of carbonyl (C=O) groups is 1. The van der Waals surface area contributed by atoms with Gasteiger partial charge in [-0.3, -0.25) is 9.78 Å². The van der Waals surface area contributed by atoms with Crippen molar-refractivity contribution in [3.63, 3.8) is 0 Å². The van der Waals surface area contributed by atoms with Crippen molar-refractivity contribution in [1.29, 1.82) is 0 Å². The Morgan fingerprint density at radius 3 is 2.14 bits per heavy atom. The predicted octanol–water partition coefficient (Wildman–Crippen LogP) is 7.60. The lowest BCUT2D eigenvalue weighted by atomic mass is 9.95. The molecule has 1 heterocycles. The van der Waals surface area contributed by atoms with E-state index in [-0.39, 0.29) is 5.91 Å². The van der Waals surface area contributed by atoms with Crippen LogP contribution in [0.2, 0.25) is 0 Å². The normalized spacial score (nSPS) is 13.8. The second-order valence-corrected chi connectivity index (χ2v) is 10.2. The molecule has 37 heavy (non-hydrogen) atoms. The number of aromatic nitrogens is 1. The van der Waals surface area contributed by atoms with Gasteiger partial charge in [0.25, 0.3) is 0 Å². The monoisotopic (exact) mass is 489 g/mol. The number of carbonyl (C=O) groups excluding carboxylic acids is 1. The molecular weight excluding hydrogens is 454 g/mol. The molecule has 0 radical (unpaired) electrons. The number of rotatable bonds is 9. The summed E-state index contributed by atoms with van der Waals surface area (Å²) in [5.74, 6) is 0.00353. The molecule has 4 aromatic rings. The van der Waals surface area contributed by atoms with E-state index in [2.05, 4.69) is 85.4 Å². The highest BCUT2D eigenvalue weighted by molar-refractivity contribution is 6.00. The lowest BCUT2D eigenvalue weighted by molar-refractivity contribution is -0.119. The molecule has 1 aliphatic carbocycles. The average Bonchev–Trinajstić information content (AvgIpc) is 3.73. The summed E-state index contributed by atoms with van der Waals surface area (Å²) in [4.78, 5) is 17.8. The van der Waals surface area contributed by atoms with E-state index in [1.165, 1.54) is 33.2 Å². The third kappa shape index (κ3) is 5.15. The Morgan fingerprint density at radius 2 is 1.49 bits per heavy atom. The minimum atomic E-state index is -0.548. The van der Waals surface area contributed by atoms with Gasteiger partial charge < -0.3 is 10.6 Å². The fourth-order valence-corrected chi connectivity index (χ4v) is 5.05. The van der Waals surface area contributed by atoms with Crippen molar-refractivity contribution in [3.8, 4) is 0 Å². The first-order valence-corrected chi connectivity index (χ1v) is 13.2. The lowest BCUT2D eigenvalue weighted by Crippen LogP contribution is -2.28. The number of nitrogens with zero attached hydrogens (tertiary/aromatic N) is 1. The molecule has 188 valence electrons.